The molecule has 0 saturated heterocycles. The second-order valence-corrected chi connectivity index (χ2v) is 5.23. The average Bonchev–Trinajstić information content (AvgIpc) is 2.25. The molecule has 0 radical (unpaired) electrons. The Kier molecular flexibility index (Phi) is 4.58. The van der Waals surface area contributed by atoms with E-state index in [1.54, 1.807) is 0 Å². The van der Waals surface area contributed by atoms with Gasteiger partial charge in [0, 0.05) is 17.7 Å². The number of amides is 1. The van der Waals surface area contributed by atoms with Crippen molar-refractivity contribution in [3.8, 4) is 5.75 Å². The number of anilines is 2. The van der Waals surface area contributed by atoms with Crippen LogP contribution in [0.4, 0.5) is 15.8 Å². The SMILES string of the molecule is COc1cc(NCC(=O)NC(C)(C)C)c(F)cc1N. The minimum atomic E-state index is -0.526. The summed E-state index contributed by atoms with van der Waals surface area (Å²) in [6, 6.07) is 2.58. The van der Waals surface area contributed by atoms with Gasteiger partial charge in [-0.2, -0.15) is 0 Å². The third-order valence-corrected chi connectivity index (χ3v) is 2.27. The molecule has 6 heteroatoms. The van der Waals surface area contributed by atoms with E-state index in [1.807, 2.05) is 20.8 Å². The molecular weight excluding hydrogens is 249 g/mol. The molecule has 0 fully saturated rings. The molecule has 0 aliphatic rings. The average molecular weight is 269 g/mol. The first-order valence-corrected chi connectivity index (χ1v) is 5.91. The Bertz CT molecular complexity index is 470. The molecule has 0 aromatic heterocycles. The zero-order chi connectivity index (χ0) is 14.6. The Labute approximate surface area is 112 Å². The van der Waals surface area contributed by atoms with Crippen molar-refractivity contribution >= 4 is 17.3 Å². The van der Waals surface area contributed by atoms with Crippen molar-refractivity contribution in [1.82, 2.24) is 5.32 Å². The van der Waals surface area contributed by atoms with Gasteiger partial charge in [0.15, 0.2) is 0 Å². The van der Waals surface area contributed by atoms with Crippen LogP contribution in [0.2, 0.25) is 0 Å². The van der Waals surface area contributed by atoms with Crippen LogP contribution < -0.4 is 21.1 Å². The van der Waals surface area contributed by atoms with Crippen LogP contribution in [-0.2, 0) is 4.79 Å². The van der Waals surface area contributed by atoms with E-state index in [1.165, 1.54) is 13.2 Å². The van der Waals surface area contributed by atoms with Gasteiger partial charge < -0.3 is 21.1 Å². The number of ether oxygens (including phenoxy) is 1. The van der Waals surface area contributed by atoms with Crippen molar-refractivity contribution in [3.05, 3.63) is 17.9 Å². The molecule has 0 aliphatic carbocycles. The van der Waals surface area contributed by atoms with E-state index in [2.05, 4.69) is 10.6 Å². The molecule has 1 aromatic carbocycles. The largest absolute Gasteiger partial charge is 0.495 e. The van der Waals surface area contributed by atoms with Gasteiger partial charge in [0.25, 0.3) is 0 Å². The summed E-state index contributed by atoms with van der Waals surface area (Å²) in [5.74, 6) is -0.385. The molecule has 106 valence electrons. The fraction of sp³-hybridized carbons (Fsp3) is 0.462. The first-order chi connectivity index (χ1) is 8.73. The number of benzene rings is 1. The van der Waals surface area contributed by atoms with Crippen molar-refractivity contribution in [2.24, 2.45) is 0 Å². The standard InChI is InChI=1S/C13H20FN3O2/c1-13(2,3)17-12(18)7-16-10-6-11(19-4)9(15)5-8(10)14/h5-6,16H,7,15H2,1-4H3,(H,17,18). The van der Waals surface area contributed by atoms with Crippen LogP contribution in [0.3, 0.4) is 0 Å². The van der Waals surface area contributed by atoms with Crippen LogP contribution in [0.5, 0.6) is 5.75 Å². The molecule has 0 saturated carbocycles. The van der Waals surface area contributed by atoms with Gasteiger partial charge in [-0.15, -0.1) is 0 Å². The minimum absolute atomic E-state index is 0.0265. The third-order valence-electron chi connectivity index (χ3n) is 2.27. The van der Waals surface area contributed by atoms with E-state index in [0.717, 1.165) is 6.07 Å². The van der Waals surface area contributed by atoms with Crippen LogP contribution >= 0.6 is 0 Å². The summed E-state index contributed by atoms with van der Waals surface area (Å²) in [7, 11) is 1.44. The molecule has 5 nitrogen and oxygen atoms in total. The number of halogens is 1. The third kappa shape index (κ3) is 4.65. The van der Waals surface area contributed by atoms with Gasteiger partial charge in [-0.1, -0.05) is 0 Å². The molecule has 1 aromatic rings. The number of nitrogen functional groups attached to an aromatic ring is 1. The molecule has 1 amide bonds. The topological polar surface area (TPSA) is 76.4 Å². The van der Waals surface area contributed by atoms with E-state index >= 15 is 0 Å². The summed E-state index contributed by atoms with van der Waals surface area (Å²) in [6.07, 6.45) is 0. The fourth-order valence-electron chi connectivity index (χ4n) is 1.52. The second kappa shape index (κ2) is 5.77. The predicted octanol–water partition coefficient (Wildman–Crippen LogP) is 1.74. The number of methoxy groups -OCH3 is 1. The lowest BCUT2D eigenvalue weighted by Crippen LogP contribution is -2.43. The lowest BCUT2D eigenvalue weighted by Gasteiger charge is -2.21. The number of hydrogen-bond donors (Lipinski definition) is 3. The molecule has 0 unspecified atom stereocenters. The van der Waals surface area contributed by atoms with Gasteiger partial charge in [0.1, 0.15) is 11.6 Å². The smallest absolute Gasteiger partial charge is 0.239 e. The molecule has 0 spiro atoms. The zero-order valence-electron chi connectivity index (χ0n) is 11.6. The molecule has 0 aliphatic heterocycles. The summed E-state index contributed by atoms with van der Waals surface area (Å²) in [4.78, 5) is 11.6. The van der Waals surface area contributed by atoms with Gasteiger partial charge in [-0.05, 0) is 20.8 Å². The Morgan fingerprint density at radius 2 is 2.05 bits per heavy atom. The molecule has 1 rings (SSSR count). The van der Waals surface area contributed by atoms with E-state index in [-0.39, 0.29) is 29.4 Å². The molecule has 0 heterocycles. The summed E-state index contributed by atoms with van der Waals surface area (Å²) in [5.41, 5.74) is 5.63. The first kappa shape index (κ1) is 15.1. The Hall–Kier alpha value is -1.98. The van der Waals surface area contributed by atoms with E-state index in [0.29, 0.717) is 5.75 Å². The highest BCUT2D eigenvalue weighted by Gasteiger charge is 2.14. The summed E-state index contributed by atoms with van der Waals surface area (Å²) in [5, 5.41) is 5.48. The summed E-state index contributed by atoms with van der Waals surface area (Å²) < 4.78 is 18.6. The predicted molar refractivity (Wildman–Crippen MR) is 73.7 cm³/mol. The van der Waals surface area contributed by atoms with Gasteiger partial charge >= 0.3 is 0 Å². The van der Waals surface area contributed by atoms with E-state index in [4.69, 9.17) is 10.5 Å². The number of carbonyl (C=O) groups excluding carboxylic acids is 1. The maximum absolute atomic E-state index is 13.6. The van der Waals surface area contributed by atoms with E-state index in [9.17, 15) is 9.18 Å². The van der Waals surface area contributed by atoms with Gasteiger partial charge in [0.05, 0.1) is 25.0 Å². The van der Waals surface area contributed by atoms with Crippen molar-refractivity contribution in [1.29, 1.82) is 0 Å². The monoisotopic (exact) mass is 269 g/mol. The van der Waals surface area contributed by atoms with Crippen LogP contribution in [0.1, 0.15) is 20.8 Å². The zero-order valence-corrected chi connectivity index (χ0v) is 11.6. The maximum atomic E-state index is 13.6. The summed E-state index contributed by atoms with van der Waals surface area (Å²) in [6.45, 7) is 5.59. The summed E-state index contributed by atoms with van der Waals surface area (Å²) >= 11 is 0. The molecule has 19 heavy (non-hydrogen) atoms. The van der Waals surface area contributed by atoms with Crippen molar-refractivity contribution in [2.75, 3.05) is 24.7 Å². The van der Waals surface area contributed by atoms with Crippen LogP contribution in [0, 0.1) is 5.82 Å². The van der Waals surface area contributed by atoms with Gasteiger partial charge in [-0.3, -0.25) is 4.79 Å². The van der Waals surface area contributed by atoms with Crippen molar-refractivity contribution in [3.63, 3.8) is 0 Å². The molecule has 0 atom stereocenters. The van der Waals surface area contributed by atoms with Crippen molar-refractivity contribution in [2.45, 2.75) is 26.3 Å². The van der Waals surface area contributed by atoms with Crippen LogP contribution in [-0.4, -0.2) is 25.1 Å². The minimum Gasteiger partial charge on any atom is -0.495 e. The Morgan fingerprint density at radius 3 is 2.58 bits per heavy atom. The van der Waals surface area contributed by atoms with Gasteiger partial charge in [-0.25, -0.2) is 4.39 Å². The number of hydrogen-bond acceptors (Lipinski definition) is 4. The second-order valence-electron chi connectivity index (χ2n) is 5.23. The Morgan fingerprint density at radius 1 is 1.42 bits per heavy atom. The normalized spacial score (nSPS) is 11.0. The quantitative estimate of drug-likeness (QED) is 0.728. The number of rotatable bonds is 4. The van der Waals surface area contributed by atoms with Crippen LogP contribution in [0.25, 0.3) is 0 Å². The molecule has 0 bridgehead atoms. The first-order valence-electron chi connectivity index (χ1n) is 5.91. The highest BCUT2D eigenvalue weighted by atomic mass is 19.1. The Balaban J connectivity index is 2.70. The number of carbonyl (C=O) groups is 1. The van der Waals surface area contributed by atoms with Crippen molar-refractivity contribution < 1.29 is 13.9 Å². The maximum Gasteiger partial charge on any atom is 0.239 e. The number of nitrogens with two attached hydrogens (primary N) is 1. The highest BCUT2D eigenvalue weighted by molar-refractivity contribution is 5.81. The lowest BCUT2D eigenvalue weighted by molar-refractivity contribution is -0.120. The molecular formula is C13H20FN3O2. The van der Waals surface area contributed by atoms with E-state index < -0.39 is 5.82 Å². The lowest BCUT2D eigenvalue weighted by atomic mass is 10.1. The van der Waals surface area contributed by atoms with Gasteiger partial charge in [0.2, 0.25) is 5.91 Å². The fourth-order valence-corrected chi connectivity index (χ4v) is 1.52. The number of nitrogens with one attached hydrogen (secondary N) is 2. The molecule has 4 N–H and O–H groups in total. The highest BCUT2D eigenvalue weighted by Crippen LogP contribution is 2.27. The van der Waals surface area contributed by atoms with Crippen LogP contribution in [0.15, 0.2) is 12.1 Å².